The normalized spacial score (nSPS) is 10.6. The van der Waals surface area contributed by atoms with Crippen LogP contribution in [0.15, 0.2) is 42.5 Å². The van der Waals surface area contributed by atoms with Gasteiger partial charge in [0.1, 0.15) is 5.75 Å². The molecule has 2 aromatic rings. The van der Waals surface area contributed by atoms with Crippen LogP contribution in [0.4, 0.5) is 8.78 Å². The summed E-state index contributed by atoms with van der Waals surface area (Å²) in [5.74, 6) is 0.596. The molecule has 146 valence electrons. The van der Waals surface area contributed by atoms with Crippen LogP contribution < -0.4 is 19.5 Å². The molecule has 1 amide bonds. The van der Waals surface area contributed by atoms with Crippen LogP contribution in [0.3, 0.4) is 0 Å². The lowest BCUT2D eigenvalue weighted by atomic mass is 10.1. The summed E-state index contributed by atoms with van der Waals surface area (Å²) < 4.78 is 39.7. The van der Waals surface area contributed by atoms with Crippen molar-refractivity contribution in [3.63, 3.8) is 0 Å². The summed E-state index contributed by atoms with van der Waals surface area (Å²) in [6, 6.07) is 11.4. The van der Waals surface area contributed by atoms with Crippen molar-refractivity contribution in [2.24, 2.45) is 0 Å². The lowest BCUT2D eigenvalue weighted by Crippen LogP contribution is -2.22. The van der Waals surface area contributed by atoms with E-state index in [0.717, 1.165) is 18.6 Å². The Balaban J connectivity index is 1.92. The summed E-state index contributed by atoms with van der Waals surface area (Å²) in [4.78, 5) is 12.2. The second-order valence-corrected chi connectivity index (χ2v) is 5.77. The summed E-state index contributed by atoms with van der Waals surface area (Å²) in [6.07, 6.45) is 2.04. The molecule has 0 spiro atoms. The molecule has 27 heavy (non-hydrogen) atoms. The van der Waals surface area contributed by atoms with Crippen molar-refractivity contribution in [2.45, 2.75) is 32.9 Å². The highest BCUT2D eigenvalue weighted by Crippen LogP contribution is 2.29. The summed E-state index contributed by atoms with van der Waals surface area (Å²) >= 11 is 0. The fraction of sp³-hybridized carbons (Fsp3) is 0.350. The van der Waals surface area contributed by atoms with Crippen LogP contribution in [0.25, 0.3) is 0 Å². The van der Waals surface area contributed by atoms with E-state index in [2.05, 4.69) is 17.0 Å². The lowest BCUT2D eigenvalue weighted by molar-refractivity contribution is -0.0512. The molecule has 0 atom stereocenters. The number of benzene rings is 2. The first-order valence-electron chi connectivity index (χ1n) is 8.66. The number of unbranched alkanes of at least 4 members (excludes halogenated alkanes) is 1. The molecule has 0 fully saturated rings. The fourth-order valence-electron chi connectivity index (χ4n) is 2.34. The van der Waals surface area contributed by atoms with Gasteiger partial charge in [-0.05, 0) is 48.4 Å². The Morgan fingerprint density at radius 1 is 1.11 bits per heavy atom. The third-order valence-corrected chi connectivity index (χ3v) is 3.78. The zero-order valence-electron chi connectivity index (χ0n) is 15.3. The Hall–Kier alpha value is -2.83. The molecular formula is C20H23F2NO4. The van der Waals surface area contributed by atoms with Crippen molar-refractivity contribution in [3.8, 4) is 17.2 Å². The molecule has 0 aromatic heterocycles. The van der Waals surface area contributed by atoms with Gasteiger partial charge in [0, 0.05) is 12.1 Å². The number of amides is 1. The molecule has 0 aliphatic carbocycles. The van der Waals surface area contributed by atoms with Crippen molar-refractivity contribution >= 4 is 5.91 Å². The van der Waals surface area contributed by atoms with Crippen LogP contribution in [0.5, 0.6) is 17.2 Å². The van der Waals surface area contributed by atoms with Gasteiger partial charge in [-0.3, -0.25) is 4.79 Å². The van der Waals surface area contributed by atoms with Gasteiger partial charge < -0.3 is 19.5 Å². The van der Waals surface area contributed by atoms with Crippen LogP contribution in [-0.4, -0.2) is 26.2 Å². The van der Waals surface area contributed by atoms with E-state index in [9.17, 15) is 13.6 Å². The Morgan fingerprint density at radius 3 is 2.48 bits per heavy atom. The molecule has 5 nitrogen and oxygen atoms in total. The van der Waals surface area contributed by atoms with Crippen molar-refractivity contribution in [1.82, 2.24) is 5.32 Å². The number of carbonyl (C=O) groups excluding carboxylic acids is 1. The van der Waals surface area contributed by atoms with Crippen LogP contribution in [0.1, 0.15) is 35.7 Å². The Labute approximate surface area is 157 Å². The van der Waals surface area contributed by atoms with Gasteiger partial charge >= 0.3 is 6.61 Å². The molecule has 0 bridgehead atoms. The van der Waals surface area contributed by atoms with E-state index in [4.69, 9.17) is 9.47 Å². The molecule has 0 heterocycles. The number of rotatable bonds is 10. The van der Waals surface area contributed by atoms with E-state index in [1.165, 1.54) is 13.2 Å². The first kappa shape index (κ1) is 20.5. The van der Waals surface area contributed by atoms with E-state index < -0.39 is 6.61 Å². The van der Waals surface area contributed by atoms with Gasteiger partial charge in [0.05, 0.1) is 13.7 Å². The maximum Gasteiger partial charge on any atom is 0.387 e. The third-order valence-electron chi connectivity index (χ3n) is 3.78. The minimum Gasteiger partial charge on any atom is -0.494 e. The SMILES string of the molecule is CCCCOc1ccc(C(=O)NCc2ccc(OC(F)F)c(OC)c2)cc1. The van der Waals surface area contributed by atoms with Gasteiger partial charge in [0.25, 0.3) is 5.91 Å². The second-order valence-electron chi connectivity index (χ2n) is 5.77. The van der Waals surface area contributed by atoms with E-state index in [-0.39, 0.29) is 24.0 Å². The number of carbonyl (C=O) groups is 1. The summed E-state index contributed by atoms with van der Waals surface area (Å²) in [5.41, 5.74) is 1.20. The van der Waals surface area contributed by atoms with Gasteiger partial charge in [-0.15, -0.1) is 0 Å². The highest BCUT2D eigenvalue weighted by Gasteiger charge is 2.12. The van der Waals surface area contributed by atoms with Gasteiger partial charge in [-0.25, -0.2) is 0 Å². The maximum atomic E-state index is 12.4. The van der Waals surface area contributed by atoms with E-state index in [0.29, 0.717) is 17.7 Å². The predicted molar refractivity (Wildman–Crippen MR) is 97.6 cm³/mol. The first-order chi connectivity index (χ1) is 13.0. The first-order valence-corrected chi connectivity index (χ1v) is 8.66. The summed E-state index contributed by atoms with van der Waals surface area (Å²) in [7, 11) is 1.36. The van der Waals surface area contributed by atoms with E-state index in [1.54, 1.807) is 36.4 Å². The Morgan fingerprint density at radius 2 is 1.85 bits per heavy atom. The zero-order valence-corrected chi connectivity index (χ0v) is 15.3. The number of nitrogens with one attached hydrogen (secondary N) is 1. The molecule has 0 aliphatic rings. The van der Waals surface area contributed by atoms with Crippen molar-refractivity contribution in [3.05, 3.63) is 53.6 Å². The summed E-state index contributed by atoms with van der Waals surface area (Å²) in [5, 5.41) is 2.77. The molecular weight excluding hydrogens is 356 g/mol. The molecule has 7 heteroatoms. The third kappa shape index (κ3) is 6.44. The smallest absolute Gasteiger partial charge is 0.387 e. The average molecular weight is 379 g/mol. The van der Waals surface area contributed by atoms with Crippen LogP contribution in [0, 0.1) is 0 Å². The molecule has 0 aliphatic heterocycles. The minimum atomic E-state index is -2.93. The Bertz CT molecular complexity index is 735. The van der Waals surface area contributed by atoms with Crippen molar-refractivity contribution in [2.75, 3.05) is 13.7 Å². The number of hydrogen-bond donors (Lipinski definition) is 1. The molecule has 2 rings (SSSR count). The second kappa shape index (κ2) is 10.4. The molecule has 0 saturated carbocycles. The fourth-order valence-corrected chi connectivity index (χ4v) is 2.34. The van der Waals surface area contributed by atoms with Crippen LogP contribution >= 0.6 is 0 Å². The highest BCUT2D eigenvalue weighted by molar-refractivity contribution is 5.94. The lowest BCUT2D eigenvalue weighted by Gasteiger charge is -2.12. The summed E-state index contributed by atoms with van der Waals surface area (Å²) in [6.45, 7) is 0.0261. The number of halogens is 2. The number of alkyl halides is 2. The van der Waals surface area contributed by atoms with Gasteiger partial charge in [0.2, 0.25) is 0 Å². The van der Waals surface area contributed by atoms with E-state index >= 15 is 0 Å². The van der Waals surface area contributed by atoms with E-state index in [1.807, 2.05) is 0 Å². The highest BCUT2D eigenvalue weighted by atomic mass is 19.3. The quantitative estimate of drug-likeness (QED) is 0.622. The molecule has 0 radical (unpaired) electrons. The largest absolute Gasteiger partial charge is 0.494 e. The monoisotopic (exact) mass is 379 g/mol. The number of ether oxygens (including phenoxy) is 3. The predicted octanol–water partition coefficient (Wildman–Crippen LogP) is 4.41. The zero-order chi connectivity index (χ0) is 19.6. The van der Waals surface area contributed by atoms with Gasteiger partial charge in [-0.2, -0.15) is 8.78 Å². The van der Waals surface area contributed by atoms with Crippen molar-refractivity contribution < 1.29 is 27.8 Å². The standard InChI is InChI=1S/C20H23F2NO4/c1-3-4-11-26-16-8-6-15(7-9-16)19(24)23-13-14-5-10-17(27-20(21)22)18(12-14)25-2/h5-10,12,20H,3-4,11,13H2,1-2H3,(H,23,24). The van der Waals surface area contributed by atoms with Gasteiger partial charge in [0.15, 0.2) is 11.5 Å². The number of hydrogen-bond acceptors (Lipinski definition) is 4. The van der Waals surface area contributed by atoms with Crippen LogP contribution in [-0.2, 0) is 6.54 Å². The average Bonchev–Trinajstić information content (AvgIpc) is 2.67. The maximum absolute atomic E-state index is 12.4. The topological polar surface area (TPSA) is 56.8 Å². The van der Waals surface area contributed by atoms with Crippen LogP contribution in [0.2, 0.25) is 0 Å². The van der Waals surface area contributed by atoms with Crippen molar-refractivity contribution in [1.29, 1.82) is 0 Å². The molecule has 0 saturated heterocycles. The molecule has 2 aromatic carbocycles. The molecule has 1 N–H and O–H groups in total. The minimum absolute atomic E-state index is 0.0544. The Kier molecular flexibility index (Phi) is 7.85. The molecule has 0 unspecified atom stereocenters. The number of methoxy groups -OCH3 is 1. The van der Waals surface area contributed by atoms with Gasteiger partial charge in [-0.1, -0.05) is 19.4 Å².